The summed E-state index contributed by atoms with van der Waals surface area (Å²) in [6, 6.07) is 1.51. The molecular weight excluding hydrogens is 418 g/mol. The highest BCUT2D eigenvalue weighted by Gasteiger charge is 2.29. The molecule has 1 atom stereocenters. The Morgan fingerprint density at radius 2 is 1.90 bits per heavy atom. The minimum Gasteiger partial charge on any atom is -0.504 e. The molecule has 0 spiro atoms. The van der Waals surface area contributed by atoms with Gasteiger partial charge in [0.1, 0.15) is 17.1 Å². The Morgan fingerprint density at radius 1 is 1.24 bits per heavy atom. The predicted molar refractivity (Wildman–Crippen MR) is 112 cm³/mol. The van der Waals surface area contributed by atoms with Gasteiger partial charge >= 0.3 is 0 Å². The zero-order chi connectivity index (χ0) is 21.5. The number of furan rings is 1. The summed E-state index contributed by atoms with van der Waals surface area (Å²) in [6.45, 7) is 3.78. The molecule has 0 saturated heterocycles. The molecule has 1 aromatic carbocycles. The number of sulfonamides is 1. The van der Waals surface area contributed by atoms with E-state index in [0.29, 0.717) is 12.2 Å². The number of hydrogen-bond donors (Lipinski definition) is 3. The molecule has 156 valence electrons. The van der Waals surface area contributed by atoms with Crippen molar-refractivity contribution in [2.75, 3.05) is 24.7 Å². The first-order chi connectivity index (χ1) is 13.6. The Morgan fingerprint density at radius 3 is 2.45 bits per heavy atom. The monoisotopic (exact) mass is 439 g/mol. The fourth-order valence-electron chi connectivity index (χ4n) is 2.74. The van der Waals surface area contributed by atoms with E-state index in [-0.39, 0.29) is 27.3 Å². The van der Waals surface area contributed by atoms with Gasteiger partial charge in [-0.25, -0.2) is 12.7 Å². The number of anilines is 3. The molecule has 0 aliphatic rings. The smallest absolute Gasteiger partial charge is 0.255 e. The Bertz CT molecular complexity index is 1220. The number of nitrogens with one attached hydrogen (secondary N) is 2. The molecule has 0 bridgehead atoms. The largest absolute Gasteiger partial charge is 0.504 e. The van der Waals surface area contributed by atoms with Crippen LogP contribution in [-0.4, -0.2) is 31.9 Å². The van der Waals surface area contributed by atoms with Crippen molar-refractivity contribution in [1.29, 1.82) is 0 Å². The van der Waals surface area contributed by atoms with Gasteiger partial charge < -0.3 is 20.2 Å². The minimum absolute atomic E-state index is 0.0290. The lowest BCUT2D eigenvalue weighted by Gasteiger charge is -2.20. The first kappa shape index (κ1) is 21.1. The first-order valence-electron chi connectivity index (χ1n) is 8.72. The molecule has 0 aliphatic carbocycles. The number of aromatic hydroxyl groups is 1. The van der Waals surface area contributed by atoms with Gasteiger partial charge in [-0.05, 0) is 25.0 Å². The van der Waals surface area contributed by atoms with Crippen LogP contribution in [0, 0.1) is 6.92 Å². The van der Waals surface area contributed by atoms with Gasteiger partial charge in [0.05, 0.1) is 18.0 Å². The zero-order valence-electron chi connectivity index (χ0n) is 16.3. The third kappa shape index (κ3) is 3.68. The first-order valence-corrected chi connectivity index (χ1v) is 11.0. The van der Waals surface area contributed by atoms with Crippen LogP contribution < -0.4 is 21.5 Å². The highest BCUT2D eigenvalue weighted by Crippen LogP contribution is 2.40. The number of rotatable bonds is 8. The third-order valence-corrected chi connectivity index (χ3v) is 7.74. The van der Waals surface area contributed by atoms with Crippen LogP contribution in [0.25, 0.3) is 0 Å². The lowest BCUT2D eigenvalue weighted by molar-refractivity contribution is 0.460. The Labute approximate surface area is 171 Å². The summed E-state index contributed by atoms with van der Waals surface area (Å²) in [7, 11) is -1.14. The van der Waals surface area contributed by atoms with Crippen molar-refractivity contribution in [2.45, 2.75) is 30.5 Å². The lowest BCUT2D eigenvalue weighted by Crippen LogP contribution is -2.37. The Balaban J connectivity index is 1.90. The molecular formula is C18H21N3O6S2. The van der Waals surface area contributed by atoms with Crippen molar-refractivity contribution in [2.24, 2.45) is 0 Å². The summed E-state index contributed by atoms with van der Waals surface area (Å²) in [6.07, 6.45) is 2.19. The molecule has 29 heavy (non-hydrogen) atoms. The molecule has 9 nitrogen and oxygen atoms in total. The molecule has 3 rings (SSSR count). The SMILES string of the molecule is CC[C@@H](Nc1c(Nc2csc(S(=O)(=O)N(C)C)c2O)c(=O)c1=O)c1cc(C)co1. The minimum atomic E-state index is -3.84. The summed E-state index contributed by atoms with van der Waals surface area (Å²) in [5.41, 5.74) is -0.434. The Kier molecular flexibility index (Phi) is 5.57. The third-order valence-electron chi connectivity index (χ3n) is 4.44. The van der Waals surface area contributed by atoms with E-state index >= 15 is 0 Å². The van der Waals surface area contributed by atoms with E-state index < -0.39 is 26.6 Å². The van der Waals surface area contributed by atoms with Gasteiger partial charge in [0.15, 0.2) is 9.96 Å². The van der Waals surface area contributed by atoms with Crippen LogP contribution in [-0.2, 0) is 10.0 Å². The van der Waals surface area contributed by atoms with Crippen molar-refractivity contribution in [3.8, 4) is 5.75 Å². The van der Waals surface area contributed by atoms with Gasteiger partial charge in [-0.15, -0.1) is 11.3 Å². The molecule has 3 N–H and O–H groups in total. The van der Waals surface area contributed by atoms with Crippen molar-refractivity contribution in [1.82, 2.24) is 4.31 Å². The van der Waals surface area contributed by atoms with Crippen molar-refractivity contribution < 1.29 is 17.9 Å². The second-order valence-electron chi connectivity index (χ2n) is 6.74. The quantitative estimate of drug-likeness (QED) is 0.457. The van der Waals surface area contributed by atoms with Gasteiger partial charge in [0.25, 0.3) is 20.9 Å². The molecule has 2 aromatic heterocycles. The second kappa shape index (κ2) is 7.65. The van der Waals surface area contributed by atoms with E-state index in [2.05, 4.69) is 10.6 Å². The fourth-order valence-corrected chi connectivity index (χ4v) is 5.12. The topological polar surface area (TPSA) is 129 Å². The van der Waals surface area contributed by atoms with Gasteiger partial charge in [-0.3, -0.25) is 9.59 Å². The van der Waals surface area contributed by atoms with Crippen LogP contribution in [0.1, 0.15) is 30.7 Å². The van der Waals surface area contributed by atoms with Crippen LogP contribution in [0.5, 0.6) is 5.75 Å². The Hall–Kier alpha value is -2.63. The lowest BCUT2D eigenvalue weighted by atomic mass is 10.1. The fraction of sp³-hybridized carbons (Fsp3) is 0.333. The summed E-state index contributed by atoms with van der Waals surface area (Å²) in [4.78, 5) is 24.2. The summed E-state index contributed by atoms with van der Waals surface area (Å²) in [5, 5.41) is 17.4. The number of hydrogen-bond acceptors (Lipinski definition) is 9. The van der Waals surface area contributed by atoms with Gasteiger partial charge in [-0.2, -0.15) is 0 Å². The maximum Gasteiger partial charge on any atom is 0.255 e. The van der Waals surface area contributed by atoms with Crippen LogP contribution in [0.4, 0.5) is 17.1 Å². The number of aryl methyl sites for hydroxylation is 1. The molecule has 0 saturated carbocycles. The maximum atomic E-state index is 12.3. The normalized spacial score (nSPS) is 13.1. The van der Waals surface area contributed by atoms with Crippen molar-refractivity contribution >= 4 is 38.4 Å². The zero-order valence-corrected chi connectivity index (χ0v) is 17.9. The number of thiophene rings is 1. The molecule has 2 heterocycles. The van der Waals surface area contributed by atoms with E-state index in [9.17, 15) is 23.1 Å². The molecule has 11 heteroatoms. The van der Waals surface area contributed by atoms with Crippen LogP contribution in [0.3, 0.4) is 0 Å². The second-order valence-corrected chi connectivity index (χ2v) is 9.96. The summed E-state index contributed by atoms with van der Waals surface area (Å²) >= 11 is 0.813. The van der Waals surface area contributed by atoms with Crippen LogP contribution in [0.15, 0.2) is 35.9 Å². The molecule has 0 amide bonds. The molecule has 0 unspecified atom stereocenters. The summed E-state index contributed by atoms with van der Waals surface area (Å²) in [5.74, 6) is 0.123. The van der Waals surface area contributed by atoms with Crippen molar-refractivity contribution in [3.05, 3.63) is 49.5 Å². The average molecular weight is 440 g/mol. The van der Waals surface area contributed by atoms with E-state index in [1.807, 2.05) is 19.9 Å². The van der Waals surface area contributed by atoms with Gasteiger partial charge in [-0.1, -0.05) is 6.92 Å². The number of nitrogens with zero attached hydrogens (tertiary/aromatic N) is 1. The molecule has 0 fully saturated rings. The molecule has 3 aromatic rings. The molecule has 0 radical (unpaired) electrons. The van der Waals surface area contributed by atoms with Crippen molar-refractivity contribution in [3.63, 3.8) is 0 Å². The highest BCUT2D eigenvalue weighted by atomic mass is 32.2. The highest BCUT2D eigenvalue weighted by molar-refractivity contribution is 7.91. The van der Waals surface area contributed by atoms with Gasteiger partial charge in [0.2, 0.25) is 0 Å². The van der Waals surface area contributed by atoms with E-state index in [0.717, 1.165) is 21.2 Å². The van der Waals surface area contributed by atoms with Crippen LogP contribution >= 0.6 is 11.3 Å². The summed E-state index contributed by atoms with van der Waals surface area (Å²) < 4.78 is 30.7. The maximum absolute atomic E-state index is 12.3. The van der Waals surface area contributed by atoms with E-state index in [1.54, 1.807) is 6.26 Å². The average Bonchev–Trinajstić information content (AvgIpc) is 3.26. The van der Waals surface area contributed by atoms with Gasteiger partial charge in [0, 0.05) is 19.5 Å². The predicted octanol–water partition coefficient (Wildman–Crippen LogP) is 2.51. The van der Waals surface area contributed by atoms with Crippen LogP contribution in [0.2, 0.25) is 0 Å². The van der Waals surface area contributed by atoms with E-state index in [1.165, 1.54) is 19.5 Å². The molecule has 0 aliphatic heterocycles. The van der Waals surface area contributed by atoms with E-state index in [4.69, 9.17) is 4.42 Å². The standard InChI is InChI=1S/C18H21N3O6S2/c1-5-10(12-6-9(2)7-27-12)19-13-14(17(24)16(13)23)20-11-8-28-18(15(11)22)29(25,26)21(3)4/h6-8,10,19-20,22H,5H2,1-4H3/t10-/m1/s1.